The molecule has 0 radical (unpaired) electrons. The number of fused-ring (bicyclic) bond motifs is 1. The molecule has 0 bridgehead atoms. The quantitative estimate of drug-likeness (QED) is 0.792. The Morgan fingerprint density at radius 1 is 1.38 bits per heavy atom. The van der Waals surface area contributed by atoms with Crippen molar-refractivity contribution < 1.29 is 9.59 Å². The fraction of sp³-hybridized carbons (Fsp3) is 0.150. The number of rotatable bonds is 6. The van der Waals surface area contributed by atoms with Crippen LogP contribution in [0.1, 0.15) is 22.8 Å². The summed E-state index contributed by atoms with van der Waals surface area (Å²) in [5.74, 6) is -0.489. The molecule has 1 aliphatic rings. The van der Waals surface area contributed by atoms with Gasteiger partial charge in [0.05, 0.1) is 0 Å². The third-order valence-electron chi connectivity index (χ3n) is 4.04. The lowest BCUT2D eigenvalue weighted by Crippen LogP contribution is -2.45. The van der Waals surface area contributed by atoms with Gasteiger partial charge in [-0.2, -0.15) is 0 Å². The highest BCUT2D eigenvalue weighted by molar-refractivity contribution is 7.13. The Morgan fingerprint density at radius 2 is 2.19 bits per heavy atom. The standard InChI is InChI=1S/C20H19N3O2S/c1-3-4-5-8-14(2)17(18(24)22-20-21-11-12-26-20)23-13-15-9-6-7-10-16(15)19(23)25/h3-12,17H,2,13H2,1H3,(H,21,22,24)/b4-3-,8-5-/t17-/m0/s1. The lowest BCUT2D eigenvalue weighted by Gasteiger charge is -2.27. The monoisotopic (exact) mass is 365 g/mol. The Morgan fingerprint density at radius 3 is 2.88 bits per heavy atom. The van der Waals surface area contributed by atoms with Crippen LogP contribution in [0.2, 0.25) is 0 Å². The second-order valence-corrected chi connectivity index (χ2v) is 6.67. The van der Waals surface area contributed by atoms with E-state index in [9.17, 15) is 9.59 Å². The third-order valence-corrected chi connectivity index (χ3v) is 4.73. The largest absolute Gasteiger partial charge is 0.318 e. The van der Waals surface area contributed by atoms with Crippen LogP contribution in [0.15, 0.2) is 72.3 Å². The van der Waals surface area contributed by atoms with Gasteiger partial charge in [0.15, 0.2) is 5.13 Å². The molecule has 0 aliphatic carbocycles. The van der Waals surface area contributed by atoms with Gasteiger partial charge in [-0.15, -0.1) is 11.3 Å². The first kappa shape index (κ1) is 17.8. The summed E-state index contributed by atoms with van der Waals surface area (Å²) in [5, 5.41) is 5.05. The topological polar surface area (TPSA) is 62.3 Å². The van der Waals surface area contributed by atoms with Crippen LogP contribution < -0.4 is 5.32 Å². The zero-order chi connectivity index (χ0) is 18.5. The normalized spacial score (nSPS) is 14.8. The Hall–Kier alpha value is -2.99. The molecule has 26 heavy (non-hydrogen) atoms. The number of hydrogen-bond donors (Lipinski definition) is 1. The van der Waals surface area contributed by atoms with Gasteiger partial charge in [-0.25, -0.2) is 4.98 Å². The summed E-state index contributed by atoms with van der Waals surface area (Å²) in [5.41, 5.74) is 2.08. The number of amides is 2. The van der Waals surface area contributed by atoms with E-state index in [0.29, 0.717) is 22.8 Å². The van der Waals surface area contributed by atoms with Gasteiger partial charge in [0.25, 0.3) is 11.8 Å². The Labute approximate surface area is 156 Å². The molecule has 2 heterocycles. The number of carbonyl (C=O) groups is 2. The maximum Gasteiger partial charge on any atom is 0.255 e. The zero-order valence-electron chi connectivity index (χ0n) is 14.4. The van der Waals surface area contributed by atoms with Gasteiger partial charge in [-0.1, -0.05) is 49.1 Å². The second-order valence-electron chi connectivity index (χ2n) is 5.78. The predicted octanol–water partition coefficient (Wildman–Crippen LogP) is 3.79. The van der Waals surface area contributed by atoms with E-state index < -0.39 is 6.04 Å². The number of benzene rings is 1. The van der Waals surface area contributed by atoms with E-state index in [1.165, 1.54) is 11.3 Å². The molecule has 1 aliphatic heterocycles. The number of thiazole rings is 1. The number of carbonyl (C=O) groups excluding carboxylic acids is 2. The molecule has 1 aromatic carbocycles. The van der Waals surface area contributed by atoms with E-state index in [-0.39, 0.29) is 11.8 Å². The number of nitrogens with zero attached hydrogens (tertiary/aromatic N) is 2. The van der Waals surface area contributed by atoms with Crippen molar-refractivity contribution in [1.82, 2.24) is 9.88 Å². The Bertz CT molecular complexity index is 884. The Balaban J connectivity index is 1.89. The van der Waals surface area contributed by atoms with E-state index in [4.69, 9.17) is 0 Å². The van der Waals surface area contributed by atoms with Gasteiger partial charge in [0, 0.05) is 23.7 Å². The fourth-order valence-corrected chi connectivity index (χ4v) is 3.37. The lowest BCUT2D eigenvalue weighted by atomic mass is 10.1. The van der Waals surface area contributed by atoms with E-state index in [1.54, 1.807) is 34.7 Å². The maximum atomic E-state index is 12.9. The van der Waals surface area contributed by atoms with Gasteiger partial charge in [-0.3, -0.25) is 14.9 Å². The molecule has 5 nitrogen and oxygen atoms in total. The summed E-state index contributed by atoms with van der Waals surface area (Å²) in [6.45, 7) is 6.31. The van der Waals surface area contributed by atoms with Crippen LogP contribution in [-0.2, 0) is 11.3 Å². The van der Waals surface area contributed by atoms with Crippen LogP contribution in [0.5, 0.6) is 0 Å². The summed E-state index contributed by atoms with van der Waals surface area (Å²) in [4.78, 5) is 31.4. The first-order chi connectivity index (χ1) is 12.6. The maximum absolute atomic E-state index is 12.9. The van der Waals surface area contributed by atoms with Crippen LogP contribution >= 0.6 is 11.3 Å². The molecule has 2 amide bonds. The number of nitrogens with one attached hydrogen (secondary N) is 1. The summed E-state index contributed by atoms with van der Waals surface area (Å²) in [6.07, 6.45) is 8.90. The molecule has 1 aromatic heterocycles. The third kappa shape index (κ3) is 3.65. The molecule has 0 fully saturated rings. The van der Waals surface area contributed by atoms with Gasteiger partial charge in [-0.05, 0) is 24.1 Å². The van der Waals surface area contributed by atoms with Crippen LogP contribution in [0.25, 0.3) is 0 Å². The van der Waals surface area contributed by atoms with Crippen molar-refractivity contribution >= 4 is 28.3 Å². The van der Waals surface area contributed by atoms with Crippen molar-refractivity contribution in [2.75, 3.05) is 5.32 Å². The molecule has 1 N–H and O–H groups in total. The van der Waals surface area contributed by atoms with Crippen LogP contribution in [0.3, 0.4) is 0 Å². The highest BCUT2D eigenvalue weighted by Gasteiger charge is 2.37. The highest BCUT2D eigenvalue weighted by atomic mass is 32.1. The highest BCUT2D eigenvalue weighted by Crippen LogP contribution is 2.27. The number of aromatic nitrogens is 1. The predicted molar refractivity (Wildman–Crippen MR) is 104 cm³/mol. The molecule has 2 aromatic rings. The minimum Gasteiger partial charge on any atom is -0.318 e. The van der Waals surface area contributed by atoms with Crippen LogP contribution in [-0.4, -0.2) is 27.7 Å². The van der Waals surface area contributed by atoms with Gasteiger partial charge in [0.1, 0.15) is 6.04 Å². The van der Waals surface area contributed by atoms with Gasteiger partial charge in [0.2, 0.25) is 0 Å². The molecule has 0 spiro atoms. The molecule has 0 saturated carbocycles. The fourth-order valence-electron chi connectivity index (χ4n) is 2.84. The van der Waals surface area contributed by atoms with E-state index in [0.717, 1.165) is 5.56 Å². The molecule has 3 rings (SSSR count). The van der Waals surface area contributed by atoms with Crippen molar-refractivity contribution in [2.45, 2.75) is 19.5 Å². The SMILES string of the molecule is C=C(/C=C\C=C/C)[C@@H](C(=O)Nc1nccs1)N1Cc2ccccc2C1=O. The average Bonchev–Trinajstić information content (AvgIpc) is 3.24. The average molecular weight is 365 g/mol. The number of anilines is 1. The summed E-state index contributed by atoms with van der Waals surface area (Å²) < 4.78 is 0. The number of allylic oxidation sites excluding steroid dienone is 3. The van der Waals surface area contributed by atoms with Gasteiger partial charge >= 0.3 is 0 Å². The van der Waals surface area contributed by atoms with Crippen molar-refractivity contribution in [2.24, 2.45) is 0 Å². The first-order valence-electron chi connectivity index (χ1n) is 8.19. The minimum absolute atomic E-state index is 0.166. The van der Waals surface area contributed by atoms with Crippen LogP contribution in [0, 0.1) is 0 Å². The molecule has 6 heteroatoms. The Kier molecular flexibility index (Phi) is 5.43. The van der Waals surface area contributed by atoms with Crippen LogP contribution in [0.4, 0.5) is 5.13 Å². The van der Waals surface area contributed by atoms with E-state index in [2.05, 4.69) is 16.9 Å². The summed E-state index contributed by atoms with van der Waals surface area (Å²) in [6, 6.07) is 6.60. The summed E-state index contributed by atoms with van der Waals surface area (Å²) in [7, 11) is 0. The van der Waals surface area contributed by atoms with Crippen molar-refractivity contribution in [3.05, 3.63) is 83.4 Å². The molecule has 132 valence electrons. The van der Waals surface area contributed by atoms with Crippen molar-refractivity contribution in [3.63, 3.8) is 0 Å². The molecular weight excluding hydrogens is 346 g/mol. The van der Waals surface area contributed by atoms with E-state index in [1.807, 2.05) is 37.3 Å². The first-order valence-corrected chi connectivity index (χ1v) is 9.07. The molecule has 0 unspecified atom stereocenters. The van der Waals surface area contributed by atoms with Gasteiger partial charge < -0.3 is 4.90 Å². The van der Waals surface area contributed by atoms with E-state index >= 15 is 0 Å². The smallest absolute Gasteiger partial charge is 0.255 e. The second kappa shape index (κ2) is 7.93. The van der Waals surface area contributed by atoms with Crippen molar-refractivity contribution in [1.29, 1.82) is 0 Å². The summed E-state index contributed by atoms with van der Waals surface area (Å²) >= 11 is 1.33. The molecule has 0 saturated heterocycles. The molecular formula is C20H19N3O2S. The lowest BCUT2D eigenvalue weighted by molar-refractivity contribution is -0.119. The zero-order valence-corrected chi connectivity index (χ0v) is 15.2. The minimum atomic E-state index is -0.805. The number of hydrogen-bond acceptors (Lipinski definition) is 4. The van der Waals surface area contributed by atoms with Crippen molar-refractivity contribution in [3.8, 4) is 0 Å². The molecule has 1 atom stereocenters.